The van der Waals surface area contributed by atoms with Crippen LogP contribution < -0.4 is 0 Å². The third-order valence-corrected chi connectivity index (χ3v) is 1.42. The first kappa shape index (κ1) is 10.1. The Morgan fingerprint density at radius 1 is 1.45 bits per heavy atom. The number of ether oxygens (including phenoxy) is 1. The molecular formula is C8H15NO2. The van der Waals surface area contributed by atoms with Gasteiger partial charge in [0, 0.05) is 13.0 Å². The third kappa shape index (κ3) is 7.03. The van der Waals surface area contributed by atoms with E-state index in [0.29, 0.717) is 6.42 Å². The lowest BCUT2D eigenvalue weighted by atomic mass is 10.2. The molecule has 0 saturated carbocycles. The molecule has 0 N–H and O–H groups in total. The van der Waals surface area contributed by atoms with Gasteiger partial charge < -0.3 is 9.73 Å². The zero-order chi connectivity index (χ0) is 8.53. The molecule has 0 aromatic carbocycles. The highest BCUT2D eigenvalue weighted by molar-refractivity contribution is 5.68. The van der Waals surface area contributed by atoms with Crippen molar-refractivity contribution in [3.05, 3.63) is 0 Å². The molecule has 0 fully saturated rings. The topological polar surface area (TPSA) is 38.7 Å². The summed E-state index contributed by atoms with van der Waals surface area (Å²) < 4.78 is 4.48. The summed E-state index contributed by atoms with van der Waals surface area (Å²) in [4.78, 5) is 14.3. The predicted octanol–water partition coefficient (Wildman–Crippen LogP) is 1.42. The summed E-state index contributed by atoms with van der Waals surface area (Å²) in [7, 11) is 1.41. The number of carbonyl (C=O) groups is 1. The van der Waals surface area contributed by atoms with Crippen LogP contribution in [0.3, 0.4) is 0 Å². The molecule has 0 spiro atoms. The van der Waals surface area contributed by atoms with Crippen LogP contribution in [0.1, 0.15) is 25.7 Å². The van der Waals surface area contributed by atoms with Gasteiger partial charge in [0.25, 0.3) is 0 Å². The second-order valence-corrected chi connectivity index (χ2v) is 2.33. The van der Waals surface area contributed by atoms with Gasteiger partial charge in [0.05, 0.1) is 7.11 Å². The van der Waals surface area contributed by atoms with Gasteiger partial charge >= 0.3 is 5.97 Å². The Hall–Kier alpha value is -0.860. The fourth-order valence-corrected chi connectivity index (χ4v) is 0.772. The van der Waals surface area contributed by atoms with Crippen LogP contribution >= 0.6 is 0 Å². The van der Waals surface area contributed by atoms with Gasteiger partial charge in [-0.2, -0.15) is 0 Å². The summed E-state index contributed by atoms with van der Waals surface area (Å²) in [6.45, 7) is 4.16. The van der Waals surface area contributed by atoms with Crippen molar-refractivity contribution < 1.29 is 9.53 Å². The molecule has 0 aliphatic rings. The third-order valence-electron chi connectivity index (χ3n) is 1.42. The summed E-state index contributed by atoms with van der Waals surface area (Å²) in [5.74, 6) is -0.128. The number of hydrogen-bond donors (Lipinski definition) is 0. The number of aliphatic imine (C=N–C) groups is 1. The molecule has 0 bridgehead atoms. The molecule has 0 amide bonds. The van der Waals surface area contributed by atoms with Crippen LogP contribution in [0.5, 0.6) is 0 Å². The number of rotatable bonds is 6. The van der Waals surface area contributed by atoms with E-state index in [0.717, 1.165) is 25.8 Å². The number of methoxy groups -OCH3 is 1. The van der Waals surface area contributed by atoms with Crippen molar-refractivity contribution in [1.29, 1.82) is 0 Å². The maximum atomic E-state index is 10.6. The molecule has 3 heteroatoms. The molecule has 0 heterocycles. The van der Waals surface area contributed by atoms with Gasteiger partial charge in [-0.3, -0.25) is 4.79 Å². The Labute approximate surface area is 67.5 Å². The number of esters is 1. The molecule has 0 aromatic rings. The number of hydrogen-bond acceptors (Lipinski definition) is 3. The van der Waals surface area contributed by atoms with Crippen LogP contribution in [0.15, 0.2) is 4.99 Å². The first-order valence-electron chi connectivity index (χ1n) is 3.80. The molecule has 0 atom stereocenters. The van der Waals surface area contributed by atoms with E-state index in [9.17, 15) is 4.79 Å². The summed E-state index contributed by atoms with van der Waals surface area (Å²) in [5.41, 5.74) is 0. The van der Waals surface area contributed by atoms with Gasteiger partial charge in [0.15, 0.2) is 0 Å². The van der Waals surface area contributed by atoms with E-state index in [-0.39, 0.29) is 5.97 Å². The molecule has 0 rings (SSSR count). The maximum absolute atomic E-state index is 10.6. The molecule has 0 aliphatic heterocycles. The Morgan fingerprint density at radius 2 is 2.18 bits per heavy atom. The highest BCUT2D eigenvalue weighted by Crippen LogP contribution is 2.00. The average molecular weight is 157 g/mol. The lowest BCUT2D eigenvalue weighted by Gasteiger charge is -1.97. The van der Waals surface area contributed by atoms with Gasteiger partial charge in [-0.15, -0.1) is 0 Å². The fraction of sp³-hybridized carbons (Fsp3) is 0.750. The molecule has 0 radical (unpaired) electrons. The number of unbranched alkanes of at least 4 members (excludes halogenated alkanes) is 2. The van der Waals surface area contributed by atoms with Crippen molar-refractivity contribution in [3.8, 4) is 0 Å². The SMILES string of the molecule is C=NCCCCCC(=O)OC. The monoisotopic (exact) mass is 157 g/mol. The molecule has 0 aliphatic carbocycles. The van der Waals surface area contributed by atoms with Crippen molar-refractivity contribution in [1.82, 2.24) is 0 Å². The van der Waals surface area contributed by atoms with Crippen LogP contribution in [0.4, 0.5) is 0 Å². The summed E-state index contributed by atoms with van der Waals surface area (Å²) >= 11 is 0. The van der Waals surface area contributed by atoms with Gasteiger partial charge in [0.1, 0.15) is 0 Å². The average Bonchev–Trinajstić information content (AvgIpc) is 2.04. The van der Waals surface area contributed by atoms with Crippen molar-refractivity contribution in [2.24, 2.45) is 4.99 Å². The smallest absolute Gasteiger partial charge is 0.305 e. The van der Waals surface area contributed by atoms with Crippen molar-refractivity contribution in [2.75, 3.05) is 13.7 Å². The van der Waals surface area contributed by atoms with Gasteiger partial charge in [-0.25, -0.2) is 0 Å². The minimum absolute atomic E-state index is 0.128. The maximum Gasteiger partial charge on any atom is 0.305 e. The Balaban J connectivity index is 3.01. The predicted molar refractivity (Wildman–Crippen MR) is 44.9 cm³/mol. The second kappa shape index (κ2) is 7.25. The van der Waals surface area contributed by atoms with Crippen molar-refractivity contribution in [2.45, 2.75) is 25.7 Å². The fourth-order valence-electron chi connectivity index (χ4n) is 0.772. The van der Waals surface area contributed by atoms with E-state index in [1.165, 1.54) is 7.11 Å². The highest BCUT2D eigenvalue weighted by Gasteiger charge is 1.97. The molecule has 11 heavy (non-hydrogen) atoms. The molecule has 3 nitrogen and oxygen atoms in total. The zero-order valence-corrected chi connectivity index (χ0v) is 7.01. The minimum Gasteiger partial charge on any atom is -0.469 e. The van der Waals surface area contributed by atoms with Gasteiger partial charge in [-0.1, -0.05) is 6.42 Å². The molecule has 0 unspecified atom stereocenters. The quantitative estimate of drug-likeness (QED) is 0.332. The number of nitrogens with zero attached hydrogens (tertiary/aromatic N) is 1. The summed E-state index contributed by atoms with van der Waals surface area (Å²) in [6, 6.07) is 0. The van der Waals surface area contributed by atoms with Crippen molar-refractivity contribution >= 4 is 12.7 Å². The second-order valence-electron chi connectivity index (χ2n) is 2.33. The minimum atomic E-state index is -0.128. The highest BCUT2D eigenvalue weighted by atomic mass is 16.5. The largest absolute Gasteiger partial charge is 0.469 e. The van der Waals surface area contributed by atoms with Crippen LogP contribution in [0, 0.1) is 0 Å². The normalized spacial score (nSPS) is 9.18. The van der Waals surface area contributed by atoms with Crippen molar-refractivity contribution in [3.63, 3.8) is 0 Å². The van der Waals surface area contributed by atoms with E-state index in [4.69, 9.17) is 0 Å². The lowest BCUT2D eigenvalue weighted by molar-refractivity contribution is -0.140. The summed E-state index contributed by atoms with van der Waals surface area (Å²) in [6.07, 6.45) is 3.45. The Bertz CT molecular complexity index is 123. The van der Waals surface area contributed by atoms with Crippen LogP contribution in [0.2, 0.25) is 0 Å². The molecule has 0 saturated heterocycles. The lowest BCUT2D eigenvalue weighted by Crippen LogP contribution is -1.99. The van der Waals surface area contributed by atoms with E-state index >= 15 is 0 Å². The Morgan fingerprint density at radius 3 is 2.73 bits per heavy atom. The number of carbonyl (C=O) groups excluding carboxylic acids is 1. The first-order valence-corrected chi connectivity index (χ1v) is 3.80. The van der Waals surface area contributed by atoms with E-state index in [1.807, 2.05) is 0 Å². The first-order chi connectivity index (χ1) is 5.31. The standard InChI is InChI=1S/C8H15NO2/c1-9-7-5-3-4-6-8(10)11-2/h1,3-7H2,2H3. The molecular weight excluding hydrogens is 142 g/mol. The molecule has 0 aromatic heterocycles. The van der Waals surface area contributed by atoms with Gasteiger partial charge in [0.2, 0.25) is 0 Å². The Kier molecular flexibility index (Phi) is 6.68. The summed E-state index contributed by atoms with van der Waals surface area (Å²) in [5, 5.41) is 0. The molecule has 64 valence electrons. The van der Waals surface area contributed by atoms with E-state index < -0.39 is 0 Å². The van der Waals surface area contributed by atoms with Gasteiger partial charge in [-0.05, 0) is 19.6 Å². The van der Waals surface area contributed by atoms with Crippen LogP contribution in [-0.4, -0.2) is 26.3 Å². The zero-order valence-electron chi connectivity index (χ0n) is 7.01. The van der Waals surface area contributed by atoms with Crippen LogP contribution in [-0.2, 0) is 9.53 Å². The van der Waals surface area contributed by atoms with E-state index in [1.54, 1.807) is 0 Å². The van der Waals surface area contributed by atoms with E-state index in [2.05, 4.69) is 16.4 Å². The van der Waals surface area contributed by atoms with Crippen LogP contribution in [0.25, 0.3) is 0 Å².